The maximum atomic E-state index is 14.0. The fourth-order valence-corrected chi connectivity index (χ4v) is 2.58. The molecule has 0 fully saturated rings. The lowest BCUT2D eigenvalue weighted by Gasteiger charge is -2.10. The second-order valence-corrected chi connectivity index (χ2v) is 4.48. The van der Waals surface area contributed by atoms with E-state index in [9.17, 15) is 14.1 Å². The predicted octanol–water partition coefficient (Wildman–Crippen LogP) is 4.02. The number of Topliss-reactive ketones (excluding diaryl/α,β-unsaturated/α-hetero) is 1. The highest BCUT2D eigenvalue weighted by Crippen LogP contribution is 2.38. The largest absolute Gasteiger partial charge is 0.294 e. The number of halogens is 1. The van der Waals surface area contributed by atoms with E-state index in [1.54, 1.807) is 18.2 Å². The number of fused-ring (bicyclic) bond motifs is 1. The van der Waals surface area contributed by atoms with Gasteiger partial charge in [-0.05, 0) is 34.9 Å². The fraction of sp³-hybridized carbons (Fsp3) is 0.133. The van der Waals surface area contributed by atoms with Crippen LogP contribution in [0.2, 0.25) is 0 Å². The maximum Gasteiger partial charge on any atom is 0.163 e. The molecule has 3 rings (SSSR count). The van der Waals surface area contributed by atoms with Crippen LogP contribution in [-0.4, -0.2) is 5.78 Å². The molecule has 0 atom stereocenters. The summed E-state index contributed by atoms with van der Waals surface area (Å²) in [6.07, 6.45) is 1.02. The Morgan fingerprint density at radius 1 is 1.00 bits per heavy atom. The number of hydrogen-bond acceptors (Lipinski definition) is 3. The molecule has 0 radical (unpaired) electrons. The zero-order valence-corrected chi connectivity index (χ0v) is 10.0. The van der Waals surface area contributed by atoms with Crippen LogP contribution in [0.5, 0.6) is 0 Å². The Bertz CT molecular complexity index is 695. The van der Waals surface area contributed by atoms with Gasteiger partial charge in [0.15, 0.2) is 5.78 Å². The predicted molar refractivity (Wildman–Crippen MR) is 69.9 cm³/mol. The van der Waals surface area contributed by atoms with Crippen LogP contribution < -0.4 is 0 Å². The van der Waals surface area contributed by atoms with E-state index in [0.717, 1.165) is 5.56 Å². The van der Waals surface area contributed by atoms with Crippen LogP contribution >= 0.6 is 0 Å². The highest BCUT2D eigenvalue weighted by atomic mass is 19.1. The molecule has 1 aliphatic rings. The minimum atomic E-state index is -0.496. The van der Waals surface area contributed by atoms with Gasteiger partial charge in [0.25, 0.3) is 0 Å². The summed E-state index contributed by atoms with van der Waals surface area (Å²) in [5.41, 5.74) is 2.27. The quantitative estimate of drug-likeness (QED) is 0.761. The van der Waals surface area contributed by atoms with Crippen molar-refractivity contribution in [2.45, 2.75) is 12.8 Å². The van der Waals surface area contributed by atoms with E-state index < -0.39 is 5.82 Å². The first-order chi connectivity index (χ1) is 9.22. The Balaban J connectivity index is 2.30. The van der Waals surface area contributed by atoms with Gasteiger partial charge < -0.3 is 0 Å². The van der Waals surface area contributed by atoms with Gasteiger partial charge in [-0.3, -0.25) is 4.79 Å². The fourth-order valence-electron chi connectivity index (χ4n) is 2.58. The third kappa shape index (κ3) is 1.76. The molecule has 0 saturated carbocycles. The van der Waals surface area contributed by atoms with Crippen LogP contribution in [-0.2, 0) is 6.42 Å². The van der Waals surface area contributed by atoms with Crippen molar-refractivity contribution in [3.63, 3.8) is 0 Å². The molecule has 0 unspecified atom stereocenters. The van der Waals surface area contributed by atoms with Crippen molar-refractivity contribution >= 4 is 11.5 Å². The minimum Gasteiger partial charge on any atom is -0.294 e. The molecule has 1 aliphatic carbocycles. The zero-order valence-electron chi connectivity index (χ0n) is 10.0. The summed E-state index contributed by atoms with van der Waals surface area (Å²) in [5.74, 6) is -0.432. The molecule has 4 heteroatoms. The van der Waals surface area contributed by atoms with Gasteiger partial charge in [0.05, 0.1) is 0 Å². The average molecular weight is 255 g/mol. The topological polar surface area (TPSA) is 46.5 Å². The molecular formula is C15H10FNO2. The number of benzene rings is 2. The summed E-state index contributed by atoms with van der Waals surface area (Å²) < 4.78 is 14.0. The van der Waals surface area contributed by atoms with Gasteiger partial charge in [0.1, 0.15) is 11.5 Å². The number of carbonyl (C=O) groups is 1. The molecule has 2 aromatic carbocycles. The number of nitroso groups, excluding NO2 is 1. The Kier molecular flexibility index (Phi) is 2.71. The molecule has 0 bridgehead atoms. The Morgan fingerprint density at radius 2 is 1.74 bits per heavy atom. The number of nitrogens with zero attached hydrogens (tertiary/aromatic N) is 1. The van der Waals surface area contributed by atoms with Crippen molar-refractivity contribution in [3.05, 3.63) is 58.2 Å². The van der Waals surface area contributed by atoms with Crippen LogP contribution in [0.4, 0.5) is 10.1 Å². The lowest BCUT2D eigenvalue weighted by molar-refractivity contribution is 0.0994. The maximum absolute atomic E-state index is 14.0. The van der Waals surface area contributed by atoms with Crippen molar-refractivity contribution < 1.29 is 9.18 Å². The molecule has 2 aromatic rings. The highest BCUT2D eigenvalue weighted by Gasteiger charge is 2.24. The SMILES string of the molecule is O=Nc1cccc(F)c1-c1cccc2c1CCC2=O. The first-order valence-corrected chi connectivity index (χ1v) is 5.99. The summed E-state index contributed by atoms with van der Waals surface area (Å²) >= 11 is 0. The van der Waals surface area contributed by atoms with Crippen LogP contribution in [0.3, 0.4) is 0 Å². The van der Waals surface area contributed by atoms with Crippen molar-refractivity contribution in [1.29, 1.82) is 0 Å². The van der Waals surface area contributed by atoms with Gasteiger partial charge in [0, 0.05) is 17.5 Å². The molecule has 3 nitrogen and oxygen atoms in total. The van der Waals surface area contributed by atoms with Crippen LogP contribution in [0.25, 0.3) is 11.1 Å². The van der Waals surface area contributed by atoms with E-state index in [1.807, 2.05) is 0 Å². The standard InChI is InChI=1S/C15H10FNO2/c16-12-5-2-6-13(17-19)15(12)11-4-1-3-10-9(11)7-8-14(10)18/h1-6H,7-8H2. The molecule has 0 saturated heterocycles. The third-order valence-electron chi connectivity index (χ3n) is 3.44. The van der Waals surface area contributed by atoms with Gasteiger partial charge in [-0.1, -0.05) is 24.3 Å². The van der Waals surface area contributed by atoms with E-state index in [4.69, 9.17) is 0 Å². The molecular weight excluding hydrogens is 245 g/mol. The summed E-state index contributed by atoms with van der Waals surface area (Å²) in [7, 11) is 0. The van der Waals surface area contributed by atoms with Crippen molar-refractivity contribution in [2.75, 3.05) is 0 Å². The molecule has 94 valence electrons. The average Bonchev–Trinajstić information content (AvgIpc) is 2.80. The van der Waals surface area contributed by atoms with Gasteiger partial charge in [-0.25, -0.2) is 4.39 Å². The second kappa shape index (κ2) is 4.39. The molecule has 0 N–H and O–H groups in total. The number of ketones is 1. The lowest BCUT2D eigenvalue weighted by atomic mass is 9.95. The molecule has 0 amide bonds. The van der Waals surface area contributed by atoms with Crippen LogP contribution in [0.15, 0.2) is 41.6 Å². The summed E-state index contributed by atoms with van der Waals surface area (Å²) in [5, 5.41) is 2.88. The molecule has 0 spiro atoms. The summed E-state index contributed by atoms with van der Waals surface area (Å²) in [6, 6.07) is 9.39. The lowest BCUT2D eigenvalue weighted by Crippen LogP contribution is -1.94. The molecule has 19 heavy (non-hydrogen) atoms. The van der Waals surface area contributed by atoms with E-state index in [0.29, 0.717) is 24.0 Å². The second-order valence-electron chi connectivity index (χ2n) is 4.48. The van der Waals surface area contributed by atoms with Crippen molar-refractivity contribution in [3.8, 4) is 11.1 Å². The van der Waals surface area contributed by atoms with Gasteiger partial charge in [-0.2, -0.15) is 0 Å². The number of rotatable bonds is 2. The zero-order chi connectivity index (χ0) is 13.4. The van der Waals surface area contributed by atoms with Gasteiger partial charge in [0.2, 0.25) is 0 Å². The van der Waals surface area contributed by atoms with Gasteiger partial charge >= 0.3 is 0 Å². The molecule has 0 aliphatic heterocycles. The van der Waals surface area contributed by atoms with Crippen molar-refractivity contribution in [2.24, 2.45) is 5.18 Å². The Morgan fingerprint density at radius 3 is 2.53 bits per heavy atom. The normalized spacial score (nSPS) is 13.4. The third-order valence-corrected chi connectivity index (χ3v) is 3.44. The molecule has 0 heterocycles. The monoisotopic (exact) mass is 255 g/mol. The van der Waals surface area contributed by atoms with E-state index in [-0.39, 0.29) is 17.0 Å². The number of carbonyl (C=O) groups excluding carboxylic acids is 1. The first-order valence-electron chi connectivity index (χ1n) is 5.99. The van der Waals surface area contributed by atoms with E-state index in [1.165, 1.54) is 18.2 Å². The first kappa shape index (κ1) is 11.7. The molecule has 0 aromatic heterocycles. The van der Waals surface area contributed by atoms with Crippen LogP contribution in [0, 0.1) is 10.7 Å². The Hall–Kier alpha value is -2.36. The summed E-state index contributed by atoms with van der Waals surface area (Å²) in [6.45, 7) is 0. The minimum absolute atomic E-state index is 0.0627. The smallest absolute Gasteiger partial charge is 0.163 e. The van der Waals surface area contributed by atoms with E-state index in [2.05, 4.69) is 5.18 Å². The van der Waals surface area contributed by atoms with Crippen LogP contribution in [0.1, 0.15) is 22.3 Å². The van der Waals surface area contributed by atoms with Gasteiger partial charge in [-0.15, -0.1) is 4.91 Å². The van der Waals surface area contributed by atoms with E-state index >= 15 is 0 Å². The van der Waals surface area contributed by atoms with Crippen molar-refractivity contribution in [1.82, 2.24) is 0 Å². The summed E-state index contributed by atoms with van der Waals surface area (Å²) in [4.78, 5) is 22.5. The highest BCUT2D eigenvalue weighted by molar-refractivity contribution is 6.02. The number of hydrogen-bond donors (Lipinski definition) is 0. The Labute approximate surface area is 109 Å².